The average Bonchev–Trinajstić information content (AvgIpc) is 2.38. The number of hydrogen-bond donors (Lipinski definition) is 2. The van der Waals surface area contributed by atoms with E-state index in [4.69, 9.17) is 0 Å². The Morgan fingerprint density at radius 2 is 2.28 bits per heavy atom. The Morgan fingerprint density at radius 1 is 1.39 bits per heavy atom. The van der Waals surface area contributed by atoms with Crippen molar-refractivity contribution in [3.05, 3.63) is 41.5 Å². The molecule has 0 aromatic heterocycles. The van der Waals surface area contributed by atoms with Gasteiger partial charge in [0.1, 0.15) is 5.75 Å². The van der Waals surface area contributed by atoms with Gasteiger partial charge in [0.05, 0.1) is 0 Å². The second-order valence-electron chi connectivity index (χ2n) is 6.30. The quantitative estimate of drug-likeness (QED) is 0.683. The summed E-state index contributed by atoms with van der Waals surface area (Å²) in [7, 11) is 0. The number of nitrogens with one attached hydrogen (secondary N) is 1. The minimum absolute atomic E-state index is 0.0981. The van der Waals surface area contributed by atoms with Gasteiger partial charge in [-0.3, -0.25) is 0 Å². The maximum Gasteiger partial charge on any atom is 0.115 e. The number of phenolic OH excluding ortho intramolecular Hbond substituents is 1. The molecule has 4 atom stereocenters. The second-order valence-corrected chi connectivity index (χ2v) is 6.30. The summed E-state index contributed by atoms with van der Waals surface area (Å²) in [5.41, 5.74) is 2.83. The molecule has 1 heterocycles. The summed E-state index contributed by atoms with van der Waals surface area (Å²) in [4.78, 5) is 0. The molecule has 2 heteroatoms. The van der Waals surface area contributed by atoms with Crippen LogP contribution in [0.5, 0.6) is 5.75 Å². The molecule has 0 amide bonds. The molecule has 3 unspecified atom stereocenters. The van der Waals surface area contributed by atoms with Crippen LogP contribution in [0, 0.1) is 11.8 Å². The lowest BCUT2D eigenvalue weighted by atomic mass is 9.56. The highest BCUT2D eigenvalue weighted by molar-refractivity contribution is 5.47. The summed E-state index contributed by atoms with van der Waals surface area (Å²) in [5, 5.41) is 13.5. The molecule has 18 heavy (non-hydrogen) atoms. The topological polar surface area (TPSA) is 32.3 Å². The summed E-state index contributed by atoms with van der Waals surface area (Å²) in [6.07, 6.45) is 7.17. The van der Waals surface area contributed by atoms with E-state index in [-0.39, 0.29) is 5.41 Å². The Balaban J connectivity index is 1.94. The van der Waals surface area contributed by atoms with Gasteiger partial charge >= 0.3 is 0 Å². The van der Waals surface area contributed by atoms with Gasteiger partial charge in [-0.1, -0.05) is 25.1 Å². The highest BCUT2D eigenvalue weighted by Crippen LogP contribution is 2.50. The van der Waals surface area contributed by atoms with Crippen LogP contribution in [0.1, 0.15) is 24.5 Å². The van der Waals surface area contributed by atoms with Gasteiger partial charge in [-0.25, -0.2) is 0 Å². The molecule has 2 nitrogen and oxygen atoms in total. The van der Waals surface area contributed by atoms with E-state index >= 15 is 0 Å². The van der Waals surface area contributed by atoms with Crippen LogP contribution in [-0.4, -0.2) is 17.7 Å². The van der Waals surface area contributed by atoms with Crippen molar-refractivity contribution in [2.45, 2.75) is 31.2 Å². The van der Waals surface area contributed by atoms with Crippen molar-refractivity contribution in [1.29, 1.82) is 0 Å². The molecule has 2 aliphatic carbocycles. The maximum absolute atomic E-state index is 9.79. The smallest absolute Gasteiger partial charge is 0.115 e. The molecular weight excluding hydrogens is 222 g/mol. The third-order valence-corrected chi connectivity index (χ3v) is 5.28. The van der Waals surface area contributed by atoms with E-state index in [2.05, 4.69) is 30.5 Å². The zero-order chi connectivity index (χ0) is 12.3. The lowest BCUT2D eigenvalue weighted by Gasteiger charge is -2.52. The third-order valence-electron chi connectivity index (χ3n) is 5.28. The first kappa shape index (κ1) is 10.6. The van der Waals surface area contributed by atoms with Crippen LogP contribution in [0.25, 0.3) is 0 Å². The van der Waals surface area contributed by atoms with Crippen LogP contribution in [-0.2, 0) is 11.8 Å². The zero-order valence-electron chi connectivity index (χ0n) is 10.7. The van der Waals surface area contributed by atoms with Crippen molar-refractivity contribution < 1.29 is 5.11 Å². The van der Waals surface area contributed by atoms with Gasteiger partial charge < -0.3 is 10.4 Å². The predicted molar refractivity (Wildman–Crippen MR) is 71.7 cm³/mol. The Labute approximate surface area is 108 Å². The summed E-state index contributed by atoms with van der Waals surface area (Å²) >= 11 is 0. The first-order valence-corrected chi connectivity index (χ1v) is 6.92. The molecule has 0 spiro atoms. The average molecular weight is 241 g/mol. The van der Waals surface area contributed by atoms with Crippen LogP contribution in [0.2, 0.25) is 0 Å². The molecule has 1 aliphatic heterocycles. The van der Waals surface area contributed by atoms with Gasteiger partial charge in [0.25, 0.3) is 0 Å². The Morgan fingerprint density at radius 3 is 3.17 bits per heavy atom. The lowest BCUT2D eigenvalue weighted by Crippen LogP contribution is -2.57. The minimum Gasteiger partial charge on any atom is -0.508 e. The lowest BCUT2D eigenvalue weighted by molar-refractivity contribution is 0.149. The highest BCUT2D eigenvalue weighted by atomic mass is 16.3. The van der Waals surface area contributed by atoms with E-state index in [0.29, 0.717) is 23.6 Å². The van der Waals surface area contributed by atoms with Crippen LogP contribution in [0.4, 0.5) is 0 Å². The number of rotatable bonds is 0. The first-order chi connectivity index (χ1) is 8.67. The van der Waals surface area contributed by atoms with Crippen molar-refractivity contribution in [3.8, 4) is 5.75 Å². The molecule has 1 saturated heterocycles. The maximum atomic E-state index is 9.79. The number of hydrogen-bond acceptors (Lipinski definition) is 2. The Hall–Kier alpha value is -1.28. The van der Waals surface area contributed by atoms with Crippen molar-refractivity contribution in [3.63, 3.8) is 0 Å². The van der Waals surface area contributed by atoms with E-state index in [1.807, 2.05) is 12.1 Å². The summed E-state index contributed by atoms with van der Waals surface area (Å²) in [5.74, 6) is 1.78. The standard InChI is InChI=1S/C16H19NO/c1-16-5-4-10-6-14(16)15(17-9-10)7-11-2-3-12(18)8-13(11)16/h2-5,8,10,14-15,17-18H,6-7,9H2,1H3/t10?,14?,15?,16-/m1/s1. The monoisotopic (exact) mass is 241 g/mol. The van der Waals surface area contributed by atoms with Gasteiger partial charge in [-0.05, 0) is 47.9 Å². The van der Waals surface area contributed by atoms with Gasteiger partial charge in [-0.15, -0.1) is 0 Å². The van der Waals surface area contributed by atoms with Crippen LogP contribution in [0.15, 0.2) is 30.4 Å². The minimum atomic E-state index is 0.0981. The van der Waals surface area contributed by atoms with Gasteiger partial charge in [0.2, 0.25) is 0 Å². The molecule has 2 N–H and O–H groups in total. The van der Waals surface area contributed by atoms with Crippen molar-refractivity contribution >= 4 is 0 Å². The Kier molecular flexibility index (Phi) is 2.00. The number of allylic oxidation sites excluding steroid dienone is 1. The van der Waals surface area contributed by atoms with Crippen LogP contribution in [0.3, 0.4) is 0 Å². The number of aromatic hydroxyl groups is 1. The SMILES string of the molecule is C[C@@]12C=CC3CNC(Cc4ccc(O)cc41)C2C3. The molecule has 4 rings (SSSR count). The van der Waals surface area contributed by atoms with E-state index in [9.17, 15) is 5.11 Å². The normalized spacial score (nSPS) is 40.4. The molecule has 3 aliphatic rings. The molecule has 1 aromatic rings. The van der Waals surface area contributed by atoms with E-state index < -0.39 is 0 Å². The fourth-order valence-corrected chi connectivity index (χ4v) is 4.27. The molecule has 1 fully saturated rings. The number of piperidine rings is 1. The molecule has 0 radical (unpaired) electrons. The van der Waals surface area contributed by atoms with E-state index in [1.165, 1.54) is 17.5 Å². The molecule has 2 bridgehead atoms. The summed E-state index contributed by atoms with van der Waals surface area (Å²) < 4.78 is 0. The van der Waals surface area contributed by atoms with Crippen molar-refractivity contribution in [1.82, 2.24) is 5.32 Å². The van der Waals surface area contributed by atoms with Crippen molar-refractivity contribution in [2.75, 3.05) is 6.54 Å². The second kappa shape index (κ2) is 3.39. The fourth-order valence-electron chi connectivity index (χ4n) is 4.27. The largest absolute Gasteiger partial charge is 0.508 e. The molecule has 94 valence electrons. The van der Waals surface area contributed by atoms with Crippen LogP contribution >= 0.6 is 0 Å². The van der Waals surface area contributed by atoms with Crippen molar-refractivity contribution in [2.24, 2.45) is 11.8 Å². The number of benzene rings is 1. The van der Waals surface area contributed by atoms with Gasteiger partial charge in [0, 0.05) is 18.0 Å². The van der Waals surface area contributed by atoms with E-state index in [0.717, 1.165) is 13.0 Å². The summed E-state index contributed by atoms with van der Waals surface area (Å²) in [6, 6.07) is 6.50. The zero-order valence-corrected chi connectivity index (χ0v) is 10.7. The predicted octanol–water partition coefficient (Wildman–Crippen LogP) is 2.37. The molecular formula is C16H19NO. The summed E-state index contributed by atoms with van der Waals surface area (Å²) in [6.45, 7) is 3.46. The van der Waals surface area contributed by atoms with Gasteiger partial charge in [-0.2, -0.15) is 0 Å². The highest BCUT2D eigenvalue weighted by Gasteiger charge is 2.48. The fraction of sp³-hybridized carbons (Fsp3) is 0.500. The first-order valence-electron chi connectivity index (χ1n) is 6.92. The number of fused-ring (bicyclic) bond motifs is 3. The third kappa shape index (κ3) is 1.27. The Bertz CT molecular complexity index is 536. The van der Waals surface area contributed by atoms with Gasteiger partial charge in [0.15, 0.2) is 0 Å². The van der Waals surface area contributed by atoms with E-state index in [1.54, 1.807) is 0 Å². The molecule has 0 saturated carbocycles. The molecule has 1 aromatic carbocycles. The van der Waals surface area contributed by atoms with Crippen LogP contribution < -0.4 is 5.32 Å². The number of phenols is 1.